The lowest BCUT2D eigenvalue weighted by atomic mass is 10.2. The molecule has 1 aliphatic rings. The van der Waals surface area contributed by atoms with Crippen molar-refractivity contribution in [3.8, 4) is 0 Å². The number of nitrogens with two attached hydrogens (primary N) is 1. The quantitative estimate of drug-likeness (QED) is 0.904. The highest BCUT2D eigenvalue weighted by Crippen LogP contribution is 2.30. The normalized spacial score (nSPS) is 15.6. The first-order valence-electron chi connectivity index (χ1n) is 7.78. The third kappa shape index (κ3) is 3.66. The van der Waals surface area contributed by atoms with Crippen molar-refractivity contribution < 1.29 is 13.2 Å². The lowest BCUT2D eigenvalue weighted by Crippen LogP contribution is -2.20. The van der Waals surface area contributed by atoms with Gasteiger partial charge in [-0.3, -0.25) is 4.68 Å². The van der Waals surface area contributed by atoms with Crippen molar-refractivity contribution >= 4 is 5.95 Å². The van der Waals surface area contributed by atoms with Crippen LogP contribution < -0.4 is 10.6 Å². The van der Waals surface area contributed by atoms with Gasteiger partial charge in [0.15, 0.2) is 0 Å². The lowest BCUT2D eigenvalue weighted by Gasteiger charge is -2.16. The molecule has 1 aliphatic heterocycles. The third-order valence-corrected chi connectivity index (χ3v) is 3.92. The van der Waals surface area contributed by atoms with Crippen molar-refractivity contribution in [3.63, 3.8) is 0 Å². The van der Waals surface area contributed by atoms with Gasteiger partial charge in [-0.15, -0.1) is 0 Å². The zero-order valence-corrected chi connectivity index (χ0v) is 13.3. The molecule has 3 heterocycles. The summed E-state index contributed by atoms with van der Waals surface area (Å²) in [6.45, 7) is 3.84. The van der Waals surface area contributed by atoms with Gasteiger partial charge in [0.25, 0.3) is 0 Å². The van der Waals surface area contributed by atoms with Crippen molar-refractivity contribution in [3.05, 3.63) is 35.4 Å². The van der Waals surface area contributed by atoms with Gasteiger partial charge in [0.2, 0.25) is 5.95 Å². The van der Waals surface area contributed by atoms with Gasteiger partial charge in [-0.05, 0) is 19.8 Å². The van der Waals surface area contributed by atoms with E-state index in [2.05, 4.69) is 15.1 Å². The Morgan fingerprint density at radius 1 is 1.25 bits per heavy atom. The van der Waals surface area contributed by atoms with Gasteiger partial charge in [-0.1, -0.05) is 0 Å². The zero-order valence-electron chi connectivity index (χ0n) is 13.3. The summed E-state index contributed by atoms with van der Waals surface area (Å²) in [6, 6.07) is 0.180. The minimum Gasteiger partial charge on any atom is -0.330 e. The van der Waals surface area contributed by atoms with Crippen LogP contribution in [0.2, 0.25) is 0 Å². The van der Waals surface area contributed by atoms with Crippen LogP contribution >= 0.6 is 0 Å². The predicted molar refractivity (Wildman–Crippen MR) is 82.0 cm³/mol. The average Bonchev–Trinajstić information content (AvgIpc) is 3.04. The fourth-order valence-electron chi connectivity index (χ4n) is 2.67. The van der Waals surface area contributed by atoms with E-state index < -0.39 is 11.7 Å². The number of rotatable bonds is 5. The van der Waals surface area contributed by atoms with E-state index in [4.69, 9.17) is 5.73 Å². The molecule has 2 aromatic rings. The van der Waals surface area contributed by atoms with E-state index in [-0.39, 0.29) is 12.0 Å². The van der Waals surface area contributed by atoms with Crippen LogP contribution in [0.3, 0.4) is 0 Å². The van der Waals surface area contributed by atoms with Crippen LogP contribution in [0, 0.1) is 0 Å². The number of nitrogens with zero attached hydrogens (tertiary/aromatic N) is 5. The van der Waals surface area contributed by atoms with Crippen molar-refractivity contribution in [1.29, 1.82) is 0 Å². The van der Waals surface area contributed by atoms with Gasteiger partial charge < -0.3 is 10.6 Å². The minimum absolute atomic E-state index is 0.180. The molecule has 0 fully saturated rings. The Balaban J connectivity index is 1.61. The van der Waals surface area contributed by atoms with Gasteiger partial charge in [-0.25, -0.2) is 9.97 Å². The highest BCUT2D eigenvalue weighted by Gasteiger charge is 2.32. The van der Waals surface area contributed by atoms with Crippen LogP contribution in [0.15, 0.2) is 18.6 Å². The number of hydrogen-bond acceptors (Lipinski definition) is 5. The largest absolute Gasteiger partial charge is 0.419 e. The van der Waals surface area contributed by atoms with E-state index in [0.29, 0.717) is 13.1 Å². The number of hydrogen-bond donors (Lipinski definition) is 1. The smallest absolute Gasteiger partial charge is 0.330 e. The molecule has 130 valence electrons. The van der Waals surface area contributed by atoms with Crippen molar-refractivity contribution in [2.45, 2.75) is 51.6 Å². The summed E-state index contributed by atoms with van der Waals surface area (Å²) in [6.07, 6.45) is 1.08. The topological polar surface area (TPSA) is 72.9 Å². The molecule has 0 radical (unpaired) electrons. The van der Waals surface area contributed by atoms with Gasteiger partial charge in [0.1, 0.15) is 0 Å². The Kier molecular flexibility index (Phi) is 4.44. The molecular formula is C15H19F3N6. The second kappa shape index (κ2) is 6.39. The Bertz CT molecular complexity index is 669. The fourth-order valence-corrected chi connectivity index (χ4v) is 2.67. The van der Waals surface area contributed by atoms with Crippen LogP contribution in [-0.2, 0) is 25.8 Å². The van der Waals surface area contributed by atoms with E-state index >= 15 is 0 Å². The standard InChI is InChI=1S/C15H19F3N6/c1-10(19)3-2-4-24-8-11-7-23(9-13(11)22-24)14-20-5-12(6-21-14)15(16,17)18/h5-6,8,10H,2-4,7,9,19H2,1H3. The highest BCUT2D eigenvalue weighted by molar-refractivity contribution is 5.39. The number of alkyl halides is 3. The molecule has 0 aromatic carbocycles. The van der Waals surface area contributed by atoms with Crippen LogP contribution in [0.4, 0.5) is 19.1 Å². The number of anilines is 1. The molecule has 0 amide bonds. The lowest BCUT2D eigenvalue weighted by molar-refractivity contribution is -0.138. The maximum absolute atomic E-state index is 12.5. The molecule has 6 nitrogen and oxygen atoms in total. The minimum atomic E-state index is -4.42. The number of halogens is 3. The summed E-state index contributed by atoms with van der Waals surface area (Å²) in [4.78, 5) is 9.46. The first-order valence-corrected chi connectivity index (χ1v) is 7.78. The van der Waals surface area contributed by atoms with Crippen LogP contribution in [0.25, 0.3) is 0 Å². The predicted octanol–water partition coefficient (Wildman–Crippen LogP) is 2.34. The van der Waals surface area contributed by atoms with Gasteiger partial charge in [-0.2, -0.15) is 18.3 Å². The summed E-state index contributed by atoms with van der Waals surface area (Å²) < 4.78 is 39.5. The summed E-state index contributed by atoms with van der Waals surface area (Å²) >= 11 is 0. The van der Waals surface area contributed by atoms with E-state index in [0.717, 1.165) is 43.0 Å². The maximum atomic E-state index is 12.5. The third-order valence-electron chi connectivity index (χ3n) is 3.92. The number of aryl methyl sites for hydroxylation is 1. The molecule has 0 aliphatic carbocycles. The molecule has 3 rings (SSSR count). The Hall–Kier alpha value is -2.16. The molecule has 0 bridgehead atoms. The molecule has 2 aromatic heterocycles. The molecule has 0 spiro atoms. The van der Waals surface area contributed by atoms with Crippen LogP contribution in [0.1, 0.15) is 36.6 Å². The fraction of sp³-hybridized carbons (Fsp3) is 0.533. The molecule has 9 heteroatoms. The van der Waals surface area contributed by atoms with E-state index in [1.54, 1.807) is 0 Å². The summed E-state index contributed by atoms with van der Waals surface area (Å²) in [5, 5.41) is 4.52. The van der Waals surface area contributed by atoms with Crippen molar-refractivity contribution in [2.75, 3.05) is 4.90 Å². The van der Waals surface area contributed by atoms with Gasteiger partial charge in [0.05, 0.1) is 17.8 Å². The Morgan fingerprint density at radius 3 is 2.54 bits per heavy atom. The number of aromatic nitrogens is 4. The highest BCUT2D eigenvalue weighted by atomic mass is 19.4. The SMILES string of the molecule is CC(N)CCCn1cc2c(n1)CN(c1ncc(C(F)(F)F)cn1)C2. The van der Waals surface area contributed by atoms with Gasteiger partial charge in [0, 0.05) is 43.3 Å². The maximum Gasteiger partial charge on any atom is 0.419 e. The first-order chi connectivity index (χ1) is 11.3. The Labute approximate surface area is 137 Å². The van der Waals surface area contributed by atoms with E-state index in [1.807, 2.05) is 22.7 Å². The van der Waals surface area contributed by atoms with Crippen molar-refractivity contribution in [1.82, 2.24) is 19.7 Å². The second-order valence-corrected chi connectivity index (χ2v) is 6.11. The molecule has 0 saturated heterocycles. The molecule has 0 saturated carbocycles. The molecular weight excluding hydrogens is 321 g/mol. The van der Waals surface area contributed by atoms with E-state index in [9.17, 15) is 13.2 Å². The molecule has 24 heavy (non-hydrogen) atoms. The Morgan fingerprint density at radius 2 is 1.96 bits per heavy atom. The van der Waals surface area contributed by atoms with Crippen molar-refractivity contribution in [2.24, 2.45) is 5.73 Å². The van der Waals surface area contributed by atoms with Gasteiger partial charge >= 0.3 is 6.18 Å². The molecule has 2 N–H and O–H groups in total. The van der Waals surface area contributed by atoms with Crippen LogP contribution in [-0.4, -0.2) is 25.8 Å². The average molecular weight is 340 g/mol. The summed E-state index contributed by atoms with van der Waals surface area (Å²) in [5.74, 6) is 0.282. The zero-order chi connectivity index (χ0) is 17.3. The summed E-state index contributed by atoms with van der Waals surface area (Å²) in [7, 11) is 0. The molecule has 1 unspecified atom stereocenters. The second-order valence-electron chi connectivity index (χ2n) is 6.11. The number of fused-ring (bicyclic) bond motifs is 1. The van der Waals surface area contributed by atoms with E-state index in [1.165, 1.54) is 0 Å². The van der Waals surface area contributed by atoms with Crippen LogP contribution in [0.5, 0.6) is 0 Å². The monoisotopic (exact) mass is 340 g/mol. The molecule has 1 atom stereocenters. The summed E-state index contributed by atoms with van der Waals surface area (Å²) in [5.41, 5.74) is 6.85. The first kappa shape index (κ1) is 16.7.